The first-order valence-corrected chi connectivity index (χ1v) is 9.77. The number of rotatable bonds is 8. The molecule has 0 aliphatic carbocycles. The van der Waals surface area contributed by atoms with Crippen LogP contribution in [0.25, 0.3) is 11.0 Å². The van der Waals surface area contributed by atoms with Crippen LogP contribution < -0.4 is 10.1 Å². The lowest BCUT2D eigenvalue weighted by Crippen LogP contribution is -2.34. The number of nitriles is 1. The third kappa shape index (κ3) is 5.04. The Morgan fingerprint density at radius 3 is 2.54 bits per heavy atom. The Balaban J connectivity index is 2.33. The second-order valence-electron chi connectivity index (χ2n) is 6.54. The summed E-state index contributed by atoms with van der Waals surface area (Å²) in [6.45, 7) is 10.5. The van der Waals surface area contributed by atoms with E-state index in [0.717, 1.165) is 10.9 Å². The van der Waals surface area contributed by atoms with Gasteiger partial charge in [-0.3, -0.25) is 0 Å². The molecular formula is C19H25N2O4P. The van der Waals surface area contributed by atoms with Gasteiger partial charge in [0.15, 0.2) is 0 Å². The van der Waals surface area contributed by atoms with Crippen LogP contribution in [0.2, 0.25) is 0 Å². The van der Waals surface area contributed by atoms with Gasteiger partial charge in [0.25, 0.3) is 0 Å². The van der Waals surface area contributed by atoms with Crippen molar-refractivity contribution in [1.29, 1.82) is 5.26 Å². The van der Waals surface area contributed by atoms with Crippen molar-refractivity contribution in [1.82, 2.24) is 4.67 Å². The van der Waals surface area contributed by atoms with E-state index in [1.165, 1.54) is 6.07 Å². The van der Waals surface area contributed by atoms with E-state index in [-0.39, 0.29) is 17.7 Å². The first kappa shape index (κ1) is 20.4. The molecule has 1 unspecified atom stereocenters. The number of hydrogen-bond acceptors (Lipinski definition) is 6. The predicted octanol–water partition coefficient (Wildman–Crippen LogP) is 4.76. The van der Waals surface area contributed by atoms with E-state index >= 15 is 0 Å². The fourth-order valence-corrected chi connectivity index (χ4v) is 4.31. The van der Waals surface area contributed by atoms with Gasteiger partial charge in [-0.05, 0) is 52.3 Å². The normalized spacial score (nSPS) is 12.7. The van der Waals surface area contributed by atoms with Gasteiger partial charge in [0.2, 0.25) is 0 Å². The van der Waals surface area contributed by atoms with Gasteiger partial charge in [-0.15, -0.1) is 0 Å². The maximum absolute atomic E-state index is 11.6. The molecule has 0 N–H and O–H groups in total. The largest absolute Gasteiger partial charge is 0.436 e. The maximum atomic E-state index is 11.6. The third-order valence-electron chi connectivity index (χ3n) is 3.77. The molecule has 0 aliphatic rings. The molecule has 0 spiro atoms. The van der Waals surface area contributed by atoms with Crippen LogP contribution in [0.3, 0.4) is 0 Å². The Labute approximate surface area is 155 Å². The molecule has 7 heteroatoms. The standard InChI is InChI=1S/C19H25N2O4P/c1-13(2)21(14(3)4)26(23-10-6-9-20)25-16-7-8-17-15(5)11-19(22)24-18(17)12-16/h7-8,11-14H,6,10H2,1-5H3. The lowest BCUT2D eigenvalue weighted by atomic mass is 10.1. The van der Waals surface area contributed by atoms with Crippen molar-refractivity contribution < 1.29 is 13.5 Å². The zero-order valence-electron chi connectivity index (χ0n) is 15.9. The van der Waals surface area contributed by atoms with Crippen LogP contribution in [0.4, 0.5) is 0 Å². The second-order valence-corrected chi connectivity index (χ2v) is 7.92. The van der Waals surface area contributed by atoms with Gasteiger partial charge in [0.05, 0.1) is 19.1 Å². The van der Waals surface area contributed by atoms with Gasteiger partial charge >= 0.3 is 14.2 Å². The summed E-state index contributed by atoms with van der Waals surface area (Å²) in [4.78, 5) is 11.6. The Hall–Kier alpha value is -1.93. The molecular weight excluding hydrogens is 351 g/mol. The van der Waals surface area contributed by atoms with Crippen molar-refractivity contribution in [3.63, 3.8) is 0 Å². The summed E-state index contributed by atoms with van der Waals surface area (Å²) in [5.74, 6) is 0.570. The molecule has 0 amide bonds. The highest BCUT2D eigenvalue weighted by Gasteiger charge is 2.28. The van der Waals surface area contributed by atoms with E-state index in [1.807, 2.05) is 19.1 Å². The fourth-order valence-electron chi connectivity index (χ4n) is 2.74. The summed E-state index contributed by atoms with van der Waals surface area (Å²) in [6.07, 6.45) is 0.304. The topological polar surface area (TPSA) is 75.7 Å². The van der Waals surface area contributed by atoms with Crippen LogP contribution in [-0.2, 0) is 4.52 Å². The van der Waals surface area contributed by atoms with Gasteiger partial charge < -0.3 is 13.5 Å². The fraction of sp³-hybridized carbons (Fsp3) is 0.474. The first-order valence-electron chi connectivity index (χ1n) is 8.64. The Morgan fingerprint density at radius 2 is 1.92 bits per heavy atom. The Bertz CT molecular complexity index is 834. The minimum absolute atomic E-state index is 0.212. The lowest BCUT2D eigenvalue weighted by Gasteiger charge is -2.35. The van der Waals surface area contributed by atoms with E-state index in [0.29, 0.717) is 24.4 Å². The SMILES string of the molecule is Cc1cc(=O)oc2cc(OP(OCCC#N)N(C(C)C)C(C)C)ccc12. The average Bonchev–Trinajstić information content (AvgIpc) is 2.53. The molecule has 0 saturated heterocycles. The van der Waals surface area contributed by atoms with Gasteiger partial charge in [0.1, 0.15) is 11.3 Å². The molecule has 1 atom stereocenters. The van der Waals surface area contributed by atoms with Crippen molar-refractivity contribution >= 4 is 19.5 Å². The summed E-state index contributed by atoms with van der Waals surface area (Å²) in [5.41, 5.74) is 0.965. The van der Waals surface area contributed by atoms with Crippen LogP contribution in [0.1, 0.15) is 39.7 Å². The van der Waals surface area contributed by atoms with Crippen molar-refractivity contribution in [2.75, 3.05) is 6.61 Å². The molecule has 140 valence electrons. The lowest BCUT2D eigenvalue weighted by molar-refractivity contribution is 0.219. The van der Waals surface area contributed by atoms with Crippen LogP contribution in [0.5, 0.6) is 5.75 Å². The number of aryl methyl sites for hydroxylation is 1. The summed E-state index contributed by atoms with van der Waals surface area (Å²) >= 11 is 0. The van der Waals surface area contributed by atoms with Gasteiger partial charge in [-0.25, -0.2) is 9.46 Å². The number of benzene rings is 1. The molecule has 26 heavy (non-hydrogen) atoms. The summed E-state index contributed by atoms with van der Waals surface area (Å²) < 4.78 is 19.5. The highest BCUT2D eigenvalue weighted by Crippen LogP contribution is 2.46. The number of hydrogen-bond donors (Lipinski definition) is 0. The summed E-state index contributed by atoms with van der Waals surface area (Å²) in [7, 11) is -1.40. The summed E-state index contributed by atoms with van der Waals surface area (Å²) in [5, 5.41) is 9.65. The van der Waals surface area contributed by atoms with Crippen molar-refractivity contribution in [3.8, 4) is 11.8 Å². The number of nitrogens with zero attached hydrogens (tertiary/aromatic N) is 2. The molecule has 0 fully saturated rings. The molecule has 0 saturated carbocycles. The van der Waals surface area contributed by atoms with Crippen LogP contribution in [-0.4, -0.2) is 23.4 Å². The Morgan fingerprint density at radius 1 is 1.23 bits per heavy atom. The molecule has 0 radical (unpaired) electrons. The molecule has 2 aromatic rings. The molecule has 1 heterocycles. The highest BCUT2D eigenvalue weighted by atomic mass is 31.2. The van der Waals surface area contributed by atoms with Gasteiger partial charge in [-0.1, -0.05) is 0 Å². The van der Waals surface area contributed by atoms with Gasteiger partial charge in [-0.2, -0.15) is 5.26 Å². The molecule has 1 aromatic carbocycles. The maximum Gasteiger partial charge on any atom is 0.336 e. The van der Waals surface area contributed by atoms with Gasteiger partial charge in [0, 0.05) is 29.6 Å². The van der Waals surface area contributed by atoms with Crippen molar-refractivity contribution in [3.05, 3.63) is 40.2 Å². The minimum atomic E-state index is -1.40. The van der Waals surface area contributed by atoms with Crippen LogP contribution in [0, 0.1) is 18.3 Å². The first-order chi connectivity index (χ1) is 12.3. The van der Waals surface area contributed by atoms with Crippen LogP contribution >= 0.6 is 8.53 Å². The minimum Gasteiger partial charge on any atom is -0.436 e. The van der Waals surface area contributed by atoms with Crippen molar-refractivity contribution in [2.45, 2.75) is 53.1 Å². The molecule has 1 aromatic heterocycles. The molecule has 0 bridgehead atoms. The average molecular weight is 376 g/mol. The third-order valence-corrected chi connectivity index (χ3v) is 5.84. The monoisotopic (exact) mass is 376 g/mol. The second kappa shape index (κ2) is 9.14. The summed E-state index contributed by atoms with van der Waals surface area (Å²) in [6, 6.07) is 9.41. The molecule has 0 aliphatic heterocycles. The highest BCUT2D eigenvalue weighted by molar-refractivity contribution is 7.45. The smallest absolute Gasteiger partial charge is 0.336 e. The zero-order valence-corrected chi connectivity index (χ0v) is 16.7. The van der Waals surface area contributed by atoms with E-state index in [4.69, 9.17) is 18.7 Å². The quantitative estimate of drug-likeness (QED) is 0.376. The predicted molar refractivity (Wildman–Crippen MR) is 103 cm³/mol. The van der Waals surface area contributed by atoms with Crippen molar-refractivity contribution in [2.24, 2.45) is 0 Å². The number of fused-ring (bicyclic) bond motifs is 1. The van der Waals surface area contributed by atoms with E-state index in [1.54, 1.807) is 6.07 Å². The van der Waals surface area contributed by atoms with E-state index in [9.17, 15) is 4.79 Å². The van der Waals surface area contributed by atoms with E-state index in [2.05, 4.69) is 38.4 Å². The molecule has 2 rings (SSSR count). The Kier molecular flexibility index (Phi) is 7.16. The van der Waals surface area contributed by atoms with Crippen LogP contribution in [0.15, 0.2) is 33.5 Å². The molecule has 6 nitrogen and oxygen atoms in total. The zero-order chi connectivity index (χ0) is 19.3. The van der Waals surface area contributed by atoms with E-state index < -0.39 is 8.53 Å².